The van der Waals surface area contributed by atoms with E-state index in [1.165, 1.54) is 10.5 Å². The third-order valence-corrected chi connectivity index (χ3v) is 5.28. The summed E-state index contributed by atoms with van der Waals surface area (Å²) in [6.07, 6.45) is 4.19. The SMILES string of the molecule is CCNc1ccncc1S(=O)(=O)N1CCCC(C)(O)C1. The Kier molecular flexibility index (Phi) is 4.31. The summed E-state index contributed by atoms with van der Waals surface area (Å²) in [5, 5.41) is 13.1. The van der Waals surface area contributed by atoms with Crippen LogP contribution in [-0.2, 0) is 10.0 Å². The monoisotopic (exact) mass is 299 g/mol. The van der Waals surface area contributed by atoms with Crippen LogP contribution in [0.1, 0.15) is 26.7 Å². The number of aromatic nitrogens is 1. The summed E-state index contributed by atoms with van der Waals surface area (Å²) in [5.41, 5.74) is -0.418. The fourth-order valence-corrected chi connectivity index (χ4v) is 4.15. The molecule has 1 fully saturated rings. The molecule has 6 nitrogen and oxygen atoms in total. The highest BCUT2D eigenvalue weighted by Crippen LogP contribution is 2.29. The molecule has 1 aliphatic heterocycles. The standard InChI is InChI=1S/C13H21N3O3S/c1-3-15-11-5-7-14-9-12(11)20(18,19)16-8-4-6-13(2,17)10-16/h5,7,9,17H,3-4,6,8,10H2,1-2H3,(H,14,15). The van der Waals surface area contributed by atoms with Gasteiger partial charge in [0.25, 0.3) is 0 Å². The van der Waals surface area contributed by atoms with Crippen LogP contribution in [0, 0.1) is 0 Å². The number of hydrogen-bond acceptors (Lipinski definition) is 5. The molecule has 1 aliphatic rings. The zero-order chi connectivity index (χ0) is 14.8. The first-order valence-electron chi connectivity index (χ1n) is 6.77. The second-order valence-electron chi connectivity index (χ2n) is 5.34. The number of nitrogens with zero attached hydrogens (tertiary/aromatic N) is 2. The molecule has 2 heterocycles. The molecule has 0 amide bonds. The van der Waals surface area contributed by atoms with Crippen LogP contribution in [0.5, 0.6) is 0 Å². The lowest BCUT2D eigenvalue weighted by Gasteiger charge is -2.36. The quantitative estimate of drug-likeness (QED) is 0.868. The van der Waals surface area contributed by atoms with Crippen molar-refractivity contribution in [2.24, 2.45) is 0 Å². The molecule has 0 aromatic carbocycles. The van der Waals surface area contributed by atoms with Gasteiger partial charge in [0.1, 0.15) is 4.90 Å². The van der Waals surface area contributed by atoms with Crippen LogP contribution < -0.4 is 5.32 Å². The molecule has 0 spiro atoms. The van der Waals surface area contributed by atoms with Gasteiger partial charge in [0.15, 0.2) is 0 Å². The molecule has 0 aliphatic carbocycles. The summed E-state index contributed by atoms with van der Waals surface area (Å²) < 4.78 is 26.8. The van der Waals surface area contributed by atoms with E-state index in [-0.39, 0.29) is 11.4 Å². The summed E-state index contributed by atoms with van der Waals surface area (Å²) in [7, 11) is -3.64. The highest BCUT2D eigenvalue weighted by Gasteiger charge is 2.36. The lowest BCUT2D eigenvalue weighted by molar-refractivity contribution is 0.00940. The van der Waals surface area contributed by atoms with Crippen molar-refractivity contribution in [2.75, 3.05) is 25.0 Å². The minimum Gasteiger partial charge on any atom is -0.389 e. The summed E-state index contributed by atoms with van der Waals surface area (Å²) >= 11 is 0. The van der Waals surface area contributed by atoms with Crippen molar-refractivity contribution in [3.63, 3.8) is 0 Å². The Balaban J connectivity index is 2.35. The van der Waals surface area contributed by atoms with Crippen LogP contribution >= 0.6 is 0 Å². The van der Waals surface area contributed by atoms with E-state index < -0.39 is 15.6 Å². The molecule has 1 saturated heterocycles. The zero-order valence-electron chi connectivity index (χ0n) is 11.8. The minimum absolute atomic E-state index is 0.121. The van der Waals surface area contributed by atoms with E-state index in [4.69, 9.17) is 0 Å². The van der Waals surface area contributed by atoms with Crippen molar-refractivity contribution in [1.82, 2.24) is 9.29 Å². The van der Waals surface area contributed by atoms with Crippen molar-refractivity contribution in [2.45, 2.75) is 37.2 Å². The average molecular weight is 299 g/mol. The molecule has 2 N–H and O–H groups in total. The van der Waals surface area contributed by atoms with Crippen molar-refractivity contribution in [1.29, 1.82) is 0 Å². The van der Waals surface area contributed by atoms with Gasteiger partial charge in [-0.2, -0.15) is 4.31 Å². The molecular formula is C13H21N3O3S. The predicted octanol–water partition coefficient (Wildman–Crippen LogP) is 1.05. The number of rotatable bonds is 4. The normalized spacial score (nSPS) is 24.6. The first kappa shape index (κ1) is 15.2. The van der Waals surface area contributed by atoms with Gasteiger partial charge in [0.2, 0.25) is 10.0 Å². The maximum absolute atomic E-state index is 12.7. The van der Waals surface area contributed by atoms with Gasteiger partial charge in [-0.05, 0) is 32.8 Å². The molecule has 2 rings (SSSR count). The molecule has 1 atom stereocenters. The molecule has 7 heteroatoms. The van der Waals surface area contributed by atoms with Crippen LogP contribution in [0.25, 0.3) is 0 Å². The van der Waals surface area contributed by atoms with E-state index in [9.17, 15) is 13.5 Å². The first-order chi connectivity index (χ1) is 9.37. The van der Waals surface area contributed by atoms with E-state index in [2.05, 4.69) is 10.3 Å². The number of nitrogens with one attached hydrogen (secondary N) is 1. The van der Waals surface area contributed by atoms with Crippen LogP contribution in [0.3, 0.4) is 0 Å². The van der Waals surface area contributed by atoms with Gasteiger partial charge in [-0.15, -0.1) is 0 Å². The number of pyridine rings is 1. The van der Waals surface area contributed by atoms with Crippen molar-refractivity contribution >= 4 is 15.7 Å². The first-order valence-corrected chi connectivity index (χ1v) is 8.21. The van der Waals surface area contributed by atoms with Gasteiger partial charge in [-0.1, -0.05) is 0 Å². The fourth-order valence-electron chi connectivity index (χ4n) is 2.44. The number of piperidine rings is 1. The molecule has 20 heavy (non-hydrogen) atoms. The largest absolute Gasteiger partial charge is 0.389 e. The van der Waals surface area contributed by atoms with Gasteiger partial charge in [0.05, 0.1) is 11.3 Å². The maximum Gasteiger partial charge on any atom is 0.246 e. The van der Waals surface area contributed by atoms with E-state index >= 15 is 0 Å². The summed E-state index contributed by atoms with van der Waals surface area (Å²) in [6, 6.07) is 1.65. The van der Waals surface area contributed by atoms with E-state index in [0.717, 1.165) is 0 Å². The highest BCUT2D eigenvalue weighted by atomic mass is 32.2. The number of sulfonamides is 1. The van der Waals surface area contributed by atoms with Gasteiger partial charge >= 0.3 is 0 Å². The molecule has 112 valence electrons. The Morgan fingerprint density at radius 3 is 2.95 bits per heavy atom. The van der Waals surface area contributed by atoms with Crippen molar-refractivity contribution in [3.05, 3.63) is 18.5 Å². The van der Waals surface area contributed by atoms with Crippen LogP contribution in [0.15, 0.2) is 23.4 Å². The number of β-amino-alcohol motifs (C(OH)–C–C–N with tert-alkyl or cyclic N) is 1. The zero-order valence-corrected chi connectivity index (χ0v) is 12.7. The van der Waals surface area contributed by atoms with E-state index in [0.29, 0.717) is 31.6 Å². The predicted molar refractivity (Wildman–Crippen MR) is 77.0 cm³/mol. The Labute approximate surface area is 119 Å². The molecule has 0 bridgehead atoms. The molecule has 1 unspecified atom stereocenters. The third-order valence-electron chi connectivity index (χ3n) is 3.41. The summed E-state index contributed by atoms with van der Waals surface area (Å²) in [6.45, 7) is 4.75. The second-order valence-corrected chi connectivity index (χ2v) is 7.25. The smallest absolute Gasteiger partial charge is 0.246 e. The van der Waals surface area contributed by atoms with Gasteiger partial charge < -0.3 is 10.4 Å². The van der Waals surface area contributed by atoms with Crippen LogP contribution in [0.4, 0.5) is 5.69 Å². The molecule has 0 radical (unpaired) electrons. The van der Waals surface area contributed by atoms with E-state index in [1.807, 2.05) is 6.92 Å². The Morgan fingerprint density at radius 1 is 1.55 bits per heavy atom. The lowest BCUT2D eigenvalue weighted by atomic mass is 9.97. The van der Waals surface area contributed by atoms with Gasteiger partial charge in [-0.3, -0.25) is 4.98 Å². The van der Waals surface area contributed by atoms with Crippen LogP contribution in [-0.4, -0.2) is 48.0 Å². The fraction of sp³-hybridized carbons (Fsp3) is 0.615. The molecule has 1 aromatic rings. The number of hydrogen-bond donors (Lipinski definition) is 2. The Morgan fingerprint density at radius 2 is 2.30 bits per heavy atom. The van der Waals surface area contributed by atoms with Crippen LogP contribution in [0.2, 0.25) is 0 Å². The highest BCUT2D eigenvalue weighted by molar-refractivity contribution is 7.89. The topological polar surface area (TPSA) is 82.5 Å². The van der Waals surface area contributed by atoms with Gasteiger partial charge in [-0.25, -0.2) is 8.42 Å². The molecule has 1 aromatic heterocycles. The maximum atomic E-state index is 12.7. The number of aliphatic hydroxyl groups is 1. The minimum atomic E-state index is -3.64. The van der Waals surface area contributed by atoms with Gasteiger partial charge in [0, 0.05) is 32.0 Å². The molecule has 0 saturated carbocycles. The second kappa shape index (κ2) is 5.67. The Bertz CT molecular complexity index is 572. The van der Waals surface area contributed by atoms with E-state index in [1.54, 1.807) is 19.2 Å². The summed E-state index contributed by atoms with van der Waals surface area (Å²) in [5.74, 6) is 0. The Hall–Kier alpha value is -1.18. The summed E-state index contributed by atoms with van der Waals surface area (Å²) in [4.78, 5) is 4.08. The number of anilines is 1. The molecular weight excluding hydrogens is 278 g/mol. The van der Waals surface area contributed by atoms with Crippen molar-refractivity contribution in [3.8, 4) is 0 Å². The third kappa shape index (κ3) is 3.11. The average Bonchev–Trinajstić information content (AvgIpc) is 2.38. The lowest BCUT2D eigenvalue weighted by Crippen LogP contribution is -2.48. The van der Waals surface area contributed by atoms with Crippen molar-refractivity contribution < 1.29 is 13.5 Å².